The van der Waals surface area contributed by atoms with E-state index in [-0.39, 0.29) is 0 Å². The van der Waals surface area contributed by atoms with Gasteiger partial charge in [-0.1, -0.05) is 17.7 Å². The maximum absolute atomic E-state index is 6.12. The molecule has 1 fully saturated rings. The molecular weight excluding hydrogens is 376 g/mol. The van der Waals surface area contributed by atoms with Crippen LogP contribution in [0.3, 0.4) is 0 Å². The molecule has 8 heteroatoms. The molecule has 28 heavy (non-hydrogen) atoms. The van der Waals surface area contributed by atoms with Gasteiger partial charge in [-0.2, -0.15) is 0 Å². The molecular formula is C20H29ClN6O. The van der Waals surface area contributed by atoms with Gasteiger partial charge >= 0.3 is 0 Å². The van der Waals surface area contributed by atoms with Crippen molar-refractivity contribution in [2.75, 3.05) is 44.8 Å². The van der Waals surface area contributed by atoms with Crippen molar-refractivity contribution in [2.45, 2.75) is 20.0 Å². The molecule has 0 unspecified atom stereocenters. The summed E-state index contributed by atoms with van der Waals surface area (Å²) >= 11 is 6.12. The van der Waals surface area contributed by atoms with Crippen molar-refractivity contribution < 1.29 is 4.74 Å². The fraction of sp³-hybridized carbons (Fsp3) is 0.500. The zero-order chi connectivity index (χ0) is 19.9. The summed E-state index contributed by atoms with van der Waals surface area (Å²) in [5, 5.41) is 4.13. The van der Waals surface area contributed by atoms with Crippen LogP contribution in [0.1, 0.15) is 18.2 Å². The van der Waals surface area contributed by atoms with E-state index < -0.39 is 0 Å². The molecule has 0 spiro atoms. The first-order valence-electron chi connectivity index (χ1n) is 9.65. The Morgan fingerprint density at radius 1 is 1.39 bits per heavy atom. The van der Waals surface area contributed by atoms with Gasteiger partial charge in [0.25, 0.3) is 0 Å². The topological polar surface area (TPSA) is 57.9 Å². The minimum Gasteiger partial charge on any atom is -0.378 e. The van der Waals surface area contributed by atoms with Crippen LogP contribution in [0.4, 0.5) is 5.82 Å². The average Bonchev–Trinajstić information content (AvgIpc) is 3.02. The SMILES string of the molecule is CCNC(=NCc1cccnc1N1CCOCC1)N(C)Cc1cc(Cl)cn1C. The Morgan fingerprint density at radius 3 is 2.86 bits per heavy atom. The quantitative estimate of drug-likeness (QED) is 0.592. The van der Waals surface area contributed by atoms with E-state index in [1.807, 2.05) is 43.2 Å². The van der Waals surface area contributed by atoms with Gasteiger partial charge in [0.1, 0.15) is 5.82 Å². The van der Waals surface area contributed by atoms with E-state index in [4.69, 9.17) is 21.3 Å². The number of hydrogen-bond donors (Lipinski definition) is 1. The van der Waals surface area contributed by atoms with Gasteiger partial charge in [-0.25, -0.2) is 9.98 Å². The number of nitrogens with zero attached hydrogens (tertiary/aromatic N) is 5. The number of guanidine groups is 1. The molecule has 1 saturated heterocycles. The Morgan fingerprint density at radius 2 is 2.18 bits per heavy atom. The van der Waals surface area contributed by atoms with Gasteiger partial charge in [-0.3, -0.25) is 0 Å². The number of aryl methyl sites for hydroxylation is 1. The molecule has 3 rings (SSSR count). The van der Waals surface area contributed by atoms with Crippen LogP contribution in [0.5, 0.6) is 0 Å². The lowest BCUT2D eigenvalue weighted by Crippen LogP contribution is -2.39. The van der Waals surface area contributed by atoms with Crippen LogP contribution < -0.4 is 10.2 Å². The Hall–Kier alpha value is -2.25. The highest BCUT2D eigenvalue weighted by molar-refractivity contribution is 6.30. The van der Waals surface area contributed by atoms with Gasteiger partial charge in [-0.05, 0) is 19.1 Å². The summed E-state index contributed by atoms with van der Waals surface area (Å²) in [4.78, 5) is 13.9. The predicted molar refractivity (Wildman–Crippen MR) is 114 cm³/mol. The highest BCUT2D eigenvalue weighted by Crippen LogP contribution is 2.19. The number of rotatable bonds is 6. The molecule has 0 radical (unpaired) electrons. The second kappa shape index (κ2) is 9.80. The summed E-state index contributed by atoms with van der Waals surface area (Å²) in [6.07, 6.45) is 3.76. The van der Waals surface area contributed by atoms with Crippen LogP contribution in [-0.4, -0.2) is 60.3 Å². The van der Waals surface area contributed by atoms with Crippen molar-refractivity contribution in [1.82, 2.24) is 19.8 Å². The summed E-state index contributed by atoms with van der Waals surface area (Å²) in [6.45, 7) is 7.38. The van der Waals surface area contributed by atoms with Crippen LogP contribution in [-0.2, 0) is 24.9 Å². The zero-order valence-electron chi connectivity index (χ0n) is 16.9. The molecule has 2 aromatic heterocycles. The van der Waals surface area contributed by atoms with Gasteiger partial charge < -0.3 is 24.4 Å². The van der Waals surface area contributed by atoms with E-state index in [0.29, 0.717) is 6.54 Å². The Bertz CT molecular complexity index is 800. The van der Waals surface area contributed by atoms with Crippen LogP contribution in [0.25, 0.3) is 0 Å². The third kappa shape index (κ3) is 5.17. The van der Waals surface area contributed by atoms with Crippen molar-refractivity contribution in [1.29, 1.82) is 0 Å². The number of aliphatic imine (C=N–C) groups is 1. The van der Waals surface area contributed by atoms with Crippen LogP contribution >= 0.6 is 11.6 Å². The van der Waals surface area contributed by atoms with E-state index in [9.17, 15) is 0 Å². The lowest BCUT2D eigenvalue weighted by Gasteiger charge is -2.29. The zero-order valence-corrected chi connectivity index (χ0v) is 17.6. The fourth-order valence-electron chi connectivity index (χ4n) is 3.28. The first-order chi connectivity index (χ1) is 13.6. The monoisotopic (exact) mass is 404 g/mol. The maximum Gasteiger partial charge on any atom is 0.194 e. The molecule has 0 atom stereocenters. The molecule has 7 nitrogen and oxygen atoms in total. The third-order valence-electron chi connectivity index (χ3n) is 4.75. The predicted octanol–water partition coefficient (Wildman–Crippen LogP) is 2.51. The van der Waals surface area contributed by atoms with E-state index in [1.54, 1.807) is 0 Å². The summed E-state index contributed by atoms with van der Waals surface area (Å²) in [5.74, 6) is 1.86. The number of hydrogen-bond acceptors (Lipinski definition) is 4. The number of halogens is 1. The normalized spacial score (nSPS) is 15.0. The van der Waals surface area contributed by atoms with Gasteiger partial charge in [0, 0.05) is 57.4 Å². The molecule has 1 N–H and O–H groups in total. The Balaban J connectivity index is 1.74. The van der Waals surface area contributed by atoms with Crippen molar-refractivity contribution in [3.05, 3.63) is 46.9 Å². The molecule has 0 saturated carbocycles. The highest BCUT2D eigenvalue weighted by atomic mass is 35.5. The number of ether oxygens (including phenoxy) is 1. The van der Waals surface area contributed by atoms with Crippen molar-refractivity contribution in [3.8, 4) is 0 Å². The summed E-state index contributed by atoms with van der Waals surface area (Å²) < 4.78 is 7.51. The number of anilines is 1. The molecule has 152 valence electrons. The lowest BCUT2D eigenvalue weighted by atomic mass is 10.2. The number of pyridine rings is 1. The smallest absolute Gasteiger partial charge is 0.194 e. The van der Waals surface area contributed by atoms with E-state index in [2.05, 4.69) is 33.1 Å². The second-order valence-electron chi connectivity index (χ2n) is 6.87. The minimum absolute atomic E-state index is 0.571. The molecule has 2 aromatic rings. The standard InChI is InChI=1S/C20H29ClN6O/c1-4-22-20(26(3)15-18-12-17(21)14-25(18)2)24-13-16-6-5-7-23-19(16)27-8-10-28-11-9-27/h5-7,12,14H,4,8-11,13,15H2,1-3H3,(H,22,24). The first-order valence-corrected chi connectivity index (χ1v) is 10.0. The second-order valence-corrected chi connectivity index (χ2v) is 7.31. The molecule has 0 amide bonds. The van der Waals surface area contributed by atoms with Crippen LogP contribution in [0, 0.1) is 0 Å². The molecule has 1 aliphatic rings. The largest absolute Gasteiger partial charge is 0.378 e. The number of aromatic nitrogens is 2. The van der Waals surface area contributed by atoms with E-state index in [0.717, 1.165) is 67.5 Å². The van der Waals surface area contributed by atoms with Gasteiger partial charge in [0.05, 0.1) is 31.3 Å². The third-order valence-corrected chi connectivity index (χ3v) is 4.95. The van der Waals surface area contributed by atoms with E-state index >= 15 is 0 Å². The molecule has 3 heterocycles. The summed E-state index contributed by atoms with van der Waals surface area (Å²) in [7, 11) is 4.04. The summed E-state index contributed by atoms with van der Waals surface area (Å²) in [6, 6.07) is 6.05. The van der Waals surface area contributed by atoms with Gasteiger partial charge in [0.2, 0.25) is 0 Å². The Labute approximate surface area is 172 Å². The van der Waals surface area contributed by atoms with Crippen molar-refractivity contribution in [2.24, 2.45) is 12.0 Å². The van der Waals surface area contributed by atoms with Crippen LogP contribution in [0.15, 0.2) is 35.6 Å². The number of morpholine rings is 1. The molecule has 0 bridgehead atoms. The molecule has 0 aromatic carbocycles. The highest BCUT2D eigenvalue weighted by Gasteiger charge is 2.16. The Kier molecular flexibility index (Phi) is 7.17. The average molecular weight is 405 g/mol. The van der Waals surface area contributed by atoms with Gasteiger partial charge in [0.15, 0.2) is 5.96 Å². The fourth-order valence-corrected chi connectivity index (χ4v) is 3.56. The van der Waals surface area contributed by atoms with Crippen molar-refractivity contribution in [3.63, 3.8) is 0 Å². The van der Waals surface area contributed by atoms with Crippen molar-refractivity contribution >= 4 is 23.4 Å². The van der Waals surface area contributed by atoms with E-state index in [1.165, 1.54) is 0 Å². The maximum atomic E-state index is 6.12. The first kappa shape index (κ1) is 20.5. The number of nitrogens with one attached hydrogen (secondary N) is 1. The molecule has 1 aliphatic heterocycles. The van der Waals surface area contributed by atoms with Gasteiger partial charge in [-0.15, -0.1) is 0 Å². The lowest BCUT2D eigenvalue weighted by molar-refractivity contribution is 0.122. The molecule has 0 aliphatic carbocycles. The minimum atomic E-state index is 0.571. The van der Waals surface area contributed by atoms with Crippen LogP contribution in [0.2, 0.25) is 5.02 Å². The summed E-state index contributed by atoms with van der Waals surface area (Å²) in [5.41, 5.74) is 2.25.